The number of para-hydroxylation sites is 1. The van der Waals surface area contributed by atoms with Crippen LogP contribution in [-0.2, 0) is 6.54 Å². The topological polar surface area (TPSA) is 37.2 Å². The molecule has 3 aromatic rings. The standard InChI is InChI=1S/C24H23N3OS/c1-17-8-12-19(13-9-17)23-21-6-4-5-7-22(21)25-24(29-3)27(26-23)16-18-10-14-20(28-2)15-11-18/h4-15H,16H2,1-3H3. The molecular weight excluding hydrogens is 378 g/mol. The van der Waals surface area contributed by atoms with Crippen molar-refractivity contribution < 1.29 is 4.74 Å². The van der Waals surface area contributed by atoms with Crippen molar-refractivity contribution in [2.45, 2.75) is 13.5 Å². The van der Waals surface area contributed by atoms with Crippen molar-refractivity contribution >= 4 is 28.3 Å². The smallest absolute Gasteiger partial charge is 0.185 e. The van der Waals surface area contributed by atoms with Gasteiger partial charge < -0.3 is 4.74 Å². The van der Waals surface area contributed by atoms with Gasteiger partial charge in [-0.25, -0.2) is 10.0 Å². The van der Waals surface area contributed by atoms with Crippen LogP contribution in [0.1, 0.15) is 22.3 Å². The van der Waals surface area contributed by atoms with Crippen molar-refractivity contribution in [3.63, 3.8) is 0 Å². The monoisotopic (exact) mass is 401 g/mol. The molecule has 0 atom stereocenters. The Morgan fingerprint density at radius 2 is 1.66 bits per heavy atom. The number of fused-ring (bicyclic) bond motifs is 1. The molecule has 0 aliphatic carbocycles. The minimum absolute atomic E-state index is 0.632. The van der Waals surface area contributed by atoms with Crippen molar-refractivity contribution in [3.05, 3.63) is 95.1 Å². The maximum absolute atomic E-state index is 5.28. The van der Waals surface area contributed by atoms with Gasteiger partial charge in [0.2, 0.25) is 0 Å². The molecule has 0 saturated carbocycles. The molecule has 0 N–H and O–H groups in total. The van der Waals surface area contributed by atoms with Gasteiger partial charge in [-0.05, 0) is 36.9 Å². The molecule has 0 aromatic heterocycles. The number of hydrazone groups is 1. The summed E-state index contributed by atoms with van der Waals surface area (Å²) in [6.45, 7) is 2.73. The van der Waals surface area contributed by atoms with E-state index in [-0.39, 0.29) is 0 Å². The van der Waals surface area contributed by atoms with Gasteiger partial charge in [0.25, 0.3) is 0 Å². The van der Waals surface area contributed by atoms with Crippen LogP contribution in [0.15, 0.2) is 82.9 Å². The third-order valence-corrected chi connectivity index (χ3v) is 5.48. The number of ether oxygens (including phenoxy) is 1. The van der Waals surface area contributed by atoms with Gasteiger partial charge in [0.1, 0.15) is 11.5 Å². The van der Waals surface area contributed by atoms with Gasteiger partial charge in [-0.15, -0.1) is 0 Å². The van der Waals surface area contributed by atoms with Gasteiger partial charge in [-0.3, -0.25) is 0 Å². The van der Waals surface area contributed by atoms with E-state index in [2.05, 4.69) is 49.4 Å². The molecule has 0 unspecified atom stereocenters. The summed E-state index contributed by atoms with van der Waals surface area (Å²) in [5.41, 5.74) is 6.37. The molecular formula is C24H23N3OS. The average molecular weight is 402 g/mol. The maximum atomic E-state index is 5.28. The van der Waals surface area contributed by atoms with Gasteiger partial charge in [0.15, 0.2) is 5.17 Å². The van der Waals surface area contributed by atoms with E-state index < -0.39 is 0 Å². The minimum atomic E-state index is 0.632. The van der Waals surface area contributed by atoms with Gasteiger partial charge in [0.05, 0.1) is 19.3 Å². The van der Waals surface area contributed by atoms with E-state index in [0.717, 1.165) is 39.0 Å². The first kappa shape index (κ1) is 19.3. The zero-order valence-electron chi connectivity index (χ0n) is 16.8. The second-order valence-electron chi connectivity index (χ2n) is 6.84. The Morgan fingerprint density at radius 1 is 0.931 bits per heavy atom. The molecule has 146 valence electrons. The number of rotatable bonds is 4. The Hall–Kier alpha value is -3.05. The van der Waals surface area contributed by atoms with Crippen LogP contribution in [0.4, 0.5) is 5.69 Å². The SMILES string of the molecule is COc1ccc(CN2N=C(c3ccc(C)cc3)c3ccccc3N=C2SC)cc1. The van der Waals surface area contributed by atoms with Crippen molar-refractivity contribution in [2.75, 3.05) is 13.4 Å². The van der Waals surface area contributed by atoms with Crippen LogP contribution in [0.3, 0.4) is 0 Å². The highest BCUT2D eigenvalue weighted by Gasteiger charge is 2.21. The number of aryl methyl sites for hydroxylation is 1. The first-order valence-corrected chi connectivity index (χ1v) is 10.7. The predicted molar refractivity (Wildman–Crippen MR) is 122 cm³/mol. The van der Waals surface area contributed by atoms with Crippen LogP contribution in [0.25, 0.3) is 0 Å². The lowest BCUT2D eigenvalue weighted by molar-refractivity contribution is 0.413. The molecule has 29 heavy (non-hydrogen) atoms. The zero-order chi connectivity index (χ0) is 20.2. The molecule has 0 radical (unpaired) electrons. The Morgan fingerprint density at radius 3 is 2.34 bits per heavy atom. The number of amidine groups is 1. The molecule has 1 aliphatic heterocycles. The molecule has 0 spiro atoms. The van der Waals surface area contributed by atoms with Crippen molar-refractivity contribution in [2.24, 2.45) is 10.1 Å². The molecule has 1 aliphatic rings. The van der Waals surface area contributed by atoms with E-state index in [9.17, 15) is 0 Å². The highest BCUT2D eigenvalue weighted by molar-refractivity contribution is 8.13. The molecule has 0 bridgehead atoms. The third kappa shape index (κ3) is 4.20. The number of nitrogens with zero attached hydrogens (tertiary/aromatic N) is 3. The Kier molecular flexibility index (Phi) is 5.67. The number of hydrogen-bond donors (Lipinski definition) is 0. The first-order chi connectivity index (χ1) is 14.2. The molecule has 1 heterocycles. The van der Waals surface area contributed by atoms with Crippen LogP contribution in [-0.4, -0.2) is 29.3 Å². The van der Waals surface area contributed by atoms with E-state index in [1.165, 1.54) is 5.56 Å². The number of aliphatic imine (C=N–C) groups is 1. The molecule has 3 aromatic carbocycles. The van der Waals surface area contributed by atoms with E-state index >= 15 is 0 Å². The number of thioether (sulfide) groups is 1. The summed E-state index contributed by atoms with van der Waals surface area (Å²) in [4.78, 5) is 4.93. The predicted octanol–water partition coefficient (Wildman–Crippen LogP) is 5.62. The maximum Gasteiger partial charge on any atom is 0.185 e. The molecule has 0 saturated heterocycles. The minimum Gasteiger partial charge on any atom is -0.497 e. The van der Waals surface area contributed by atoms with Crippen molar-refractivity contribution in [3.8, 4) is 5.75 Å². The Bertz CT molecular complexity index is 1060. The molecule has 4 nitrogen and oxygen atoms in total. The van der Waals surface area contributed by atoms with Crippen LogP contribution < -0.4 is 4.74 Å². The summed E-state index contributed by atoms with van der Waals surface area (Å²) in [5, 5.41) is 7.93. The van der Waals surface area contributed by atoms with Gasteiger partial charge in [0, 0.05) is 11.1 Å². The van der Waals surface area contributed by atoms with Crippen LogP contribution >= 0.6 is 11.8 Å². The highest BCUT2D eigenvalue weighted by Crippen LogP contribution is 2.29. The highest BCUT2D eigenvalue weighted by atomic mass is 32.2. The van der Waals surface area contributed by atoms with Crippen LogP contribution in [0, 0.1) is 6.92 Å². The summed E-state index contributed by atoms with van der Waals surface area (Å²) in [6, 6.07) is 24.8. The van der Waals surface area contributed by atoms with E-state index in [1.807, 2.05) is 41.6 Å². The first-order valence-electron chi connectivity index (χ1n) is 9.46. The van der Waals surface area contributed by atoms with Crippen molar-refractivity contribution in [1.82, 2.24) is 5.01 Å². The largest absolute Gasteiger partial charge is 0.497 e. The summed E-state index contributed by atoms with van der Waals surface area (Å²) in [5.74, 6) is 0.847. The summed E-state index contributed by atoms with van der Waals surface area (Å²) in [7, 11) is 1.68. The van der Waals surface area contributed by atoms with Gasteiger partial charge >= 0.3 is 0 Å². The normalized spacial score (nSPS) is 13.3. The summed E-state index contributed by atoms with van der Waals surface area (Å²) >= 11 is 1.60. The number of hydrogen-bond acceptors (Lipinski definition) is 5. The summed E-state index contributed by atoms with van der Waals surface area (Å²) in [6.07, 6.45) is 2.04. The van der Waals surface area contributed by atoms with Gasteiger partial charge in [-0.1, -0.05) is 71.9 Å². The second-order valence-corrected chi connectivity index (χ2v) is 7.61. The zero-order valence-corrected chi connectivity index (χ0v) is 17.6. The average Bonchev–Trinajstić information content (AvgIpc) is 2.92. The molecule has 5 heteroatoms. The number of methoxy groups -OCH3 is 1. The second kappa shape index (κ2) is 8.53. The lowest BCUT2D eigenvalue weighted by Crippen LogP contribution is -2.23. The fourth-order valence-electron chi connectivity index (χ4n) is 3.23. The molecule has 0 amide bonds. The van der Waals surface area contributed by atoms with Gasteiger partial charge in [-0.2, -0.15) is 5.10 Å². The van der Waals surface area contributed by atoms with E-state index in [4.69, 9.17) is 14.8 Å². The quantitative estimate of drug-likeness (QED) is 0.569. The number of benzene rings is 3. The lowest BCUT2D eigenvalue weighted by Gasteiger charge is -2.20. The summed E-state index contributed by atoms with van der Waals surface area (Å²) < 4.78 is 5.28. The van der Waals surface area contributed by atoms with E-state index in [1.54, 1.807) is 18.9 Å². The van der Waals surface area contributed by atoms with Crippen molar-refractivity contribution in [1.29, 1.82) is 0 Å². The third-order valence-electron chi connectivity index (χ3n) is 4.82. The lowest BCUT2D eigenvalue weighted by atomic mass is 10.00. The fourth-order valence-corrected chi connectivity index (χ4v) is 3.74. The Balaban J connectivity index is 1.80. The van der Waals surface area contributed by atoms with E-state index in [0.29, 0.717) is 6.54 Å². The van der Waals surface area contributed by atoms with Crippen LogP contribution in [0.5, 0.6) is 5.75 Å². The Labute approximate surface area is 175 Å². The molecule has 4 rings (SSSR count). The fraction of sp³-hybridized carbons (Fsp3) is 0.167. The van der Waals surface area contributed by atoms with Crippen LogP contribution in [0.2, 0.25) is 0 Å². The molecule has 0 fully saturated rings.